The van der Waals surface area contributed by atoms with Gasteiger partial charge in [-0.15, -0.1) is 0 Å². The van der Waals surface area contributed by atoms with Crippen LogP contribution in [0.25, 0.3) is 0 Å². The molecule has 0 heterocycles. The normalized spacial score (nSPS) is 14.3. The van der Waals surface area contributed by atoms with Gasteiger partial charge in [0.25, 0.3) is 0 Å². The third-order valence-corrected chi connectivity index (χ3v) is 3.03. The van der Waals surface area contributed by atoms with E-state index in [1.807, 2.05) is 11.8 Å². The van der Waals surface area contributed by atoms with Gasteiger partial charge in [-0.05, 0) is 13.3 Å². The van der Waals surface area contributed by atoms with E-state index in [1.165, 1.54) is 0 Å². The first-order valence-electron chi connectivity index (χ1n) is 6.60. The molecule has 0 rings (SSSR count). The fourth-order valence-electron chi connectivity index (χ4n) is 1.99. The maximum atomic E-state index is 12.4. The summed E-state index contributed by atoms with van der Waals surface area (Å²) in [6, 6.07) is 0.0450. The second-order valence-electron chi connectivity index (χ2n) is 4.55. The third-order valence-electron chi connectivity index (χ3n) is 3.03. The summed E-state index contributed by atoms with van der Waals surface area (Å²) >= 11 is 0. The minimum atomic E-state index is -0.0915. The quantitative estimate of drug-likeness (QED) is 0.633. The molecular formula is C13H28N2O3. The molecule has 0 aliphatic rings. The number of hydrogen-bond acceptors (Lipinski definition) is 4. The predicted octanol–water partition coefficient (Wildman–Crippen LogP) is 0.871. The van der Waals surface area contributed by atoms with Crippen LogP contribution in [0.3, 0.4) is 0 Å². The van der Waals surface area contributed by atoms with Crippen LogP contribution >= 0.6 is 0 Å². The molecule has 18 heavy (non-hydrogen) atoms. The van der Waals surface area contributed by atoms with Crippen molar-refractivity contribution in [2.75, 3.05) is 40.5 Å². The molecule has 0 aliphatic carbocycles. The van der Waals surface area contributed by atoms with Crippen molar-refractivity contribution >= 4 is 5.91 Å². The Morgan fingerprint density at radius 1 is 1.33 bits per heavy atom. The summed E-state index contributed by atoms with van der Waals surface area (Å²) < 4.78 is 10.2. The van der Waals surface area contributed by atoms with Crippen LogP contribution in [0.2, 0.25) is 0 Å². The van der Waals surface area contributed by atoms with Crippen LogP contribution in [0.4, 0.5) is 0 Å². The van der Waals surface area contributed by atoms with Crippen molar-refractivity contribution in [2.45, 2.75) is 32.7 Å². The number of hydrogen-bond donors (Lipinski definition) is 1. The topological polar surface area (TPSA) is 64.8 Å². The number of amides is 1. The first-order chi connectivity index (χ1) is 8.62. The predicted molar refractivity (Wildman–Crippen MR) is 72.4 cm³/mol. The summed E-state index contributed by atoms with van der Waals surface area (Å²) in [6.45, 7) is 6.09. The number of rotatable bonds is 10. The molecule has 2 atom stereocenters. The fourth-order valence-corrected chi connectivity index (χ4v) is 1.99. The van der Waals surface area contributed by atoms with Crippen LogP contribution in [0.5, 0.6) is 0 Å². The van der Waals surface area contributed by atoms with Crippen molar-refractivity contribution in [1.82, 2.24) is 4.90 Å². The molecule has 0 saturated heterocycles. The summed E-state index contributed by atoms with van der Waals surface area (Å²) in [5.41, 5.74) is 5.69. The van der Waals surface area contributed by atoms with Gasteiger partial charge in [0.2, 0.25) is 5.91 Å². The number of methoxy groups -OCH3 is 2. The molecule has 0 radical (unpaired) electrons. The summed E-state index contributed by atoms with van der Waals surface area (Å²) in [4.78, 5) is 14.2. The fraction of sp³-hybridized carbons (Fsp3) is 0.923. The molecule has 0 spiro atoms. The zero-order chi connectivity index (χ0) is 14.0. The molecule has 2 N–H and O–H groups in total. The second-order valence-corrected chi connectivity index (χ2v) is 4.55. The molecule has 0 fully saturated rings. The molecule has 0 aromatic rings. The van der Waals surface area contributed by atoms with Crippen molar-refractivity contribution in [1.29, 1.82) is 0 Å². The molecule has 5 nitrogen and oxygen atoms in total. The molecular weight excluding hydrogens is 232 g/mol. The third kappa shape index (κ3) is 5.80. The second kappa shape index (κ2) is 10.3. The van der Waals surface area contributed by atoms with Gasteiger partial charge in [0.05, 0.1) is 25.2 Å². The Balaban J connectivity index is 4.64. The van der Waals surface area contributed by atoms with Crippen LogP contribution < -0.4 is 5.73 Å². The number of nitrogens with zero attached hydrogens (tertiary/aromatic N) is 1. The molecule has 0 aromatic carbocycles. The van der Waals surface area contributed by atoms with Crippen molar-refractivity contribution in [2.24, 2.45) is 11.7 Å². The van der Waals surface area contributed by atoms with Gasteiger partial charge in [0, 0.05) is 27.3 Å². The maximum Gasteiger partial charge on any atom is 0.227 e. The SMILES string of the molecule is CCCC(CN)C(=O)N(CCOC)C(C)COC. The van der Waals surface area contributed by atoms with Crippen LogP contribution in [-0.2, 0) is 14.3 Å². The molecule has 1 amide bonds. The number of carbonyl (C=O) groups is 1. The number of ether oxygens (including phenoxy) is 2. The summed E-state index contributed by atoms with van der Waals surface area (Å²) in [6.07, 6.45) is 1.79. The standard InChI is InChI=1S/C13H28N2O3/c1-5-6-12(9-14)13(16)15(7-8-17-3)11(2)10-18-4/h11-12H,5-10,14H2,1-4H3. The van der Waals surface area contributed by atoms with E-state index < -0.39 is 0 Å². The van der Waals surface area contributed by atoms with Gasteiger partial charge in [-0.25, -0.2) is 0 Å². The van der Waals surface area contributed by atoms with E-state index >= 15 is 0 Å². The zero-order valence-electron chi connectivity index (χ0n) is 12.1. The van der Waals surface area contributed by atoms with Crippen molar-refractivity contribution in [3.05, 3.63) is 0 Å². The van der Waals surface area contributed by atoms with Gasteiger partial charge >= 0.3 is 0 Å². The van der Waals surface area contributed by atoms with Gasteiger partial charge in [-0.2, -0.15) is 0 Å². The summed E-state index contributed by atoms with van der Waals surface area (Å²) in [7, 11) is 3.28. The highest BCUT2D eigenvalue weighted by atomic mass is 16.5. The van der Waals surface area contributed by atoms with E-state index in [0.717, 1.165) is 12.8 Å². The van der Waals surface area contributed by atoms with Gasteiger partial charge in [0.15, 0.2) is 0 Å². The Labute approximate surface area is 111 Å². The Bertz CT molecular complexity index is 224. The first kappa shape index (κ1) is 17.4. The van der Waals surface area contributed by atoms with Crippen LogP contribution in [0.1, 0.15) is 26.7 Å². The minimum absolute atomic E-state index is 0.0450. The highest BCUT2D eigenvalue weighted by Crippen LogP contribution is 2.12. The molecule has 5 heteroatoms. The zero-order valence-corrected chi connectivity index (χ0v) is 12.1. The molecule has 2 unspecified atom stereocenters. The Kier molecular flexibility index (Phi) is 9.92. The lowest BCUT2D eigenvalue weighted by Gasteiger charge is -2.31. The van der Waals surface area contributed by atoms with Crippen molar-refractivity contribution < 1.29 is 14.3 Å². The lowest BCUT2D eigenvalue weighted by atomic mass is 10.0. The maximum absolute atomic E-state index is 12.4. The van der Waals surface area contributed by atoms with E-state index in [1.54, 1.807) is 14.2 Å². The van der Waals surface area contributed by atoms with Crippen LogP contribution in [-0.4, -0.2) is 57.4 Å². The van der Waals surface area contributed by atoms with Gasteiger partial charge in [0.1, 0.15) is 0 Å². The Hall–Kier alpha value is -0.650. The highest BCUT2D eigenvalue weighted by molar-refractivity contribution is 5.79. The molecule has 0 bridgehead atoms. The van der Waals surface area contributed by atoms with E-state index in [2.05, 4.69) is 6.92 Å². The van der Waals surface area contributed by atoms with Gasteiger partial charge < -0.3 is 20.1 Å². The van der Waals surface area contributed by atoms with E-state index in [9.17, 15) is 4.79 Å². The Morgan fingerprint density at radius 2 is 2.00 bits per heavy atom. The average Bonchev–Trinajstić information content (AvgIpc) is 2.36. The van der Waals surface area contributed by atoms with E-state index in [0.29, 0.717) is 26.3 Å². The summed E-state index contributed by atoms with van der Waals surface area (Å²) in [5, 5.41) is 0. The first-order valence-corrected chi connectivity index (χ1v) is 6.60. The summed E-state index contributed by atoms with van der Waals surface area (Å²) in [5.74, 6) is 0.0205. The van der Waals surface area contributed by atoms with Gasteiger partial charge in [-0.3, -0.25) is 4.79 Å². The lowest BCUT2D eigenvalue weighted by Crippen LogP contribution is -2.47. The molecule has 0 saturated carbocycles. The molecule has 108 valence electrons. The smallest absolute Gasteiger partial charge is 0.227 e. The number of carbonyl (C=O) groups excluding carboxylic acids is 1. The largest absolute Gasteiger partial charge is 0.383 e. The highest BCUT2D eigenvalue weighted by Gasteiger charge is 2.25. The minimum Gasteiger partial charge on any atom is -0.383 e. The monoisotopic (exact) mass is 260 g/mol. The molecule has 0 aliphatic heterocycles. The average molecular weight is 260 g/mol. The van der Waals surface area contributed by atoms with E-state index in [4.69, 9.17) is 15.2 Å². The lowest BCUT2D eigenvalue weighted by molar-refractivity contribution is -0.139. The molecule has 0 aromatic heterocycles. The van der Waals surface area contributed by atoms with Crippen molar-refractivity contribution in [3.63, 3.8) is 0 Å². The van der Waals surface area contributed by atoms with Crippen LogP contribution in [0, 0.1) is 5.92 Å². The van der Waals surface area contributed by atoms with Gasteiger partial charge in [-0.1, -0.05) is 13.3 Å². The number of nitrogens with two attached hydrogens (primary N) is 1. The van der Waals surface area contributed by atoms with Crippen molar-refractivity contribution in [3.8, 4) is 0 Å². The Morgan fingerprint density at radius 3 is 2.44 bits per heavy atom. The van der Waals surface area contributed by atoms with E-state index in [-0.39, 0.29) is 17.9 Å². The van der Waals surface area contributed by atoms with Crippen LogP contribution in [0.15, 0.2) is 0 Å².